The van der Waals surface area contributed by atoms with Crippen LogP contribution in [0.2, 0.25) is 19.6 Å². The number of carbonyl (C=O) groups is 1. The second-order valence-electron chi connectivity index (χ2n) is 7.56. The highest BCUT2D eigenvalue weighted by atomic mass is 28.3. The van der Waals surface area contributed by atoms with Crippen LogP contribution < -0.4 is 0 Å². The minimum Gasteiger partial charge on any atom is -0.294 e. The Morgan fingerprint density at radius 3 is 2.12 bits per heavy atom. The standard InChI is InChI=1S/C23H24OSi/c1-17(24)20-15-14-19-12-8-9-13-21(19)23(20)22(16-25(2,3)4)18-10-6-5-7-11-18/h5-16H,1-4H3/b22-16+. The van der Waals surface area contributed by atoms with Crippen molar-refractivity contribution in [1.82, 2.24) is 0 Å². The lowest BCUT2D eigenvalue weighted by Gasteiger charge is -2.19. The molecule has 0 aliphatic rings. The first-order valence-corrected chi connectivity index (χ1v) is 12.3. The number of fused-ring (bicyclic) bond motifs is 1. The van der Waals surface area contributed by atoms with Crippen LogP contribution in [-0.4, -0.2) is 13.9 Å². The molecule has 0 radical (unpaired) electrons. The fourth-order valence-corrected chi connectivity index (χ4v) is 4.38. The largest absolute Gasteiger partial charge is 0.294 e. The number of benzene rings is 3. The zero-order chi connectivity index (χ0) is 18.0. The Balaban J connectivity index is 2.42. The molecule has 0 heterocycles. The van der Waals surface area contributed by atoms with Crippen LogP contribution in [0.5, 0.6) is 0 Å². The van der Waals surface area contributed by atoms with Crippen LogP contribution in [0.15, 0.2) is 72.4 Å². The monoisotopic (exact) mass is 344 g/mol. The molecule has 0 unspecified atom stereocenters. The Hall–Kier alpha value is -2.45. The number of hydrogen-bond donors (Lipinski definition) is 0. The smallest absolute Gasteiger partial charge is 0.160 e. The summed E-state index contributed by atoms with van der Waals surface area (Å²) in [4.78, 5) is 12.4. The van der Waals surface area contributed by atoms with Crippen molar-refractivity contribution in [3.8, 4) is 0 Å². The van der Waals surface area contributed by atoms with Crippen molar-refractivity contribution in [3.05, 3.63) is 89.1 Å². The third-order valence-corrected chi connectivity index (χ3v) is 5.39. The van der Waals surface area contributed by atoms with Crippen LogP contribution in [0.3, 0.4) is 0 Å². The number of rotatable bonds is 4. The molecule has 0 saturated heterocycles. The number of carbonyl (C=O) groups excluding carboxylic acids is 1. The SMILES string of the molecule is CC(=O)c1ccc2ccccc2c1/C(=C/[Si](C)(C)C)c1ccccc1. The van der Waals surface area contributed by atoms with Gasteiger partial charge in [-0.2, -0.15) is 0 Å². The van der Waals surface area contributed by atoms with E-state index < -0.39 is 8.07 Å². The highest BCUT2D eigenvalue weighted by Crippen LogP contribution is 2.34. The molecule has 0 aliphatic heterocycles. The van der Waals surface area contributed by atoms with E-state index in [0.717, 1.165) is 16.5 Å². The zero-order valence-corrected chi connectivity index (χ0v) is 16.3. The topological polar surface area (TPSA) is 17.1 Å². The van der Waals surface area contributed by atoms with Crippen LogP contribution in [0.1, 0.15) is 28.4 Å². The van der Waals surface area contributed by atoms with Gasteiger partial charge in [0.2, 0.25) is 0 Å². The molecule has 0 bridgehead atoms. The predicted molar refractivity (Wildman–Crippen MR) is 111 cm³/mol. The van der Waals surface area contributed by atoms with Crippen molar-refractivity contribution in [1.29, 1.82) is 0 Å². The molecule has 126 valence electrons. The molecule has 25 heavy (non-hydrogen) atoms. The maximum Gasteiger partial charge on any atom is 0.160 e. The number of hydrogen-bond acceptors (Lipinski definition) is 1. The lowest BCUT2D eigenvalue weighted by molar-refractivity contribution is 0.101. The molecule has 0 N–H and O–H groups in total. The highest BCUT2D eigenvalue weighted by Gasteiger charge is 2.19. The minimum atomic E-state index is -1.50. The van der Waals surface area contributed by atoms with Gasteiger partial charge in [-0.15, -0.1) is 0 Å². The fraction of sp³-hybridized carbons (Fsp3) is 0.174. The van der Waals surface area contributed by atoms with E-state index in [1.54, 1.807) is 6.92 Å². The van der Waals surface area contributed by atoms with Crippen molar-refractivity contribution in [2.24, 2.45) is 0 Å². The van der Waals surface area contributed by atoms with Crippen LogP contribution in [0.25, 0.3) is 16.3 Å². The van der Waals surface area contributed by atoms with Crippen LogP contribution in [0.4, 0.5) is 0 Å². The Bertz CT molecular complexity index is 947. The quantitative estimate of drug-likeness (QED) is 0.398. The third kappa shape index (κ3) is 3.80. The molecular weight excluding hydrogens is 320 g/mol. The molecule has 3 aromatic carbocycles. The molecule has 0 fully saturated rings. The maximum absolute atomic E-state index is 12.4. The van der Waals surface area contributed by atoms with Crippen molar-refractivity contribution in [3.63, 3.8) is 0 Å². The van der Waals surface area contributed by atoms with E-state index >= 15 is 0 Å². The van der Waals surface area contributed by atoms with Gasteiger partial charge in [0, 0.05) is 11.1 Å². The minimum absolute atomic E-state index is 0.109. The van der Waals surface area contributed by atoms with Gasteiger partial charge in [-0.25, -0.2) is 0 Å². The van der Waals surface area contributed by atoms with Gasteiger partial charge >= 0.3 is 0 Å². The van der Waals surface area contributed by atoms with Crippen molar-refractivity contribution in [2.45, 2.75) is 26.6 Å². The average molecular weight is 345 g/mol. The van der Waals surface area contributed by atoms with Crippen LogP contribution >= 0.6 is 0 Å². The molecule has 2 heteroatoms. The summed E-state index contributed by atoms with van der Waals surface area (Å²) < 4.78 is 0. The van der Waals surface area contributed by atoms with E-state index in [-0.39, 0.29) is 5.78 Å². The van der Waals surface area contributed by atoms with E-state index in [1.165, 1.54) is 16.5 Å². The summed E-state index contributed by atoms with van der Waals surface area (Å²) in [6.45, 7) is 8.64. The molecule has 0 aliphatic carbocycles. The summed E-state index contributed by atoms with van der Waals surface area (Å²) in [6.07, 6.45) is 0. The third-order valence-electron chi connectivity index (χ3n) is 4.24. The molecule has 3 rings (SSSR count). The summed E-state index contributed by atoms with van der Waals surface area (Å²) >= 11 is 0. The molecule has 0 atom stereocenters. The fourth-order valence-electron chi connectivity index (χ4n) is 3.21. The second-order valence-corrected chi connectivity index (χ2v) is 12.6. The van der Waals surface area contributed by atoms with Gasteiger partial charge in [0.1, 0.15) is 0 Å². The molecule has 1 nitrogen and oxygen atoms in total. The summed E-state index contributed by atoms with van der Waals surface area (Å²) in [6, 6.07) is 22.8. The molecule has 0 saturated carbocycles. The Morgan fingerprint density at radius 2 is 1.48 bits per heavy atom. The van der Waals surface area contributed by atoms with Gasteiger partial charge in [-0.1, -0.05) is 92.1 Å². The highest BCUT2D eigenvalue weighted by molar-refractivity contribution is 6.81. The van der Waals surface area contributed by atoms with E-state index in [4.69, 9.17) is 0 Å². The van der Waals surface area contributed by atoms with E-state index in [9.17, 15) is 4.79 Å². The van der Waals surface area contributed by atoms with E-state index in [0.29, 0.717) is 0 Å². The van der Waals surface area contributed by atoms with Crippen LogP contribution in [-0.2, 0) is 0 Å². The Morgan fingerprint density at radius 1 is 0.840 bits per heavy atom. The first-order valence-electron chi connectivity index (χ1n) is 8.68. The van der Waals surface area contributed by atoms with Crippen molar-refractivity contribution < 1.29 is 4.79 Å². The second kappa shape index (κ2) is 6.81. The van der Waals surface area contributed by atoms with Gasteiger partial charge in [-0.3, -0.25) is 4.79 Å². The van der Waals surface area contributed by atoms with E-state index in [2.05, 4.69) is 61.7 Å². The summed E-state index contributed by atoms with van der Waals surface area (Å²) in [7, 11) is -1.50. The summed E-state index contributed by atoms with van der Waals surface area (Å²) in [5.41, 5.74) is 6.63. The number of ketones is 1. The normalized spacial score (nSPS) is 12.4. The zero-order valence-electron chi connectivity index (χ0n) is 15.3. The maximum atomic E-state index is 12.4. The van der Waals surface area contributed by atoms with Gasteiger partial charge in [0.05, 0.1) is 8.07 Å². The Kier molecular flexibility index (Phi) is 4.73. The molecule has 3 aromatic rings. The van der Waals surface area contributed by atoms with Crippen LogP contribution in [0, 0.1) is 0 Å². The summed E-state index contributed by atoms with van der Waals surface area (Å²) in [5.74, 6) is 0.109. The number of Topliss-reactive ketones (excluding diaryl/α,β-unsaturated/α-hetero) is 1. The predicted octanol–water partition coefficient (Wildman–Crippen LogP) is 6.35. The van der Waals surface area contributed by atoms with Crippen molar-refractivity contribution in [2.75, 3.05) is 0 Å². The van der Waals surface area contributed by atoms with Gasteiger partial charge in [0.15, 0.2) is 5.78 Å². The first kappa shape index (κ1) is 17.4. The summed E-state index contributed by atoms with van der Waals surface area (Å²) in [5, 5.41) is 2.31. The van der Waals surface area contributed by atoms with Gasteiger partial charge in [-0.05, 0) is 28.8 Å². The Labute approximate surface area is 151 Å². The molecule has 0 aromatic heterocycles. The van der Waals surface area contributed by atoms with Crippen molar-refractivity contribution >= 4 is 30.2 Å². The first-order chi connectivity index (χ1) is 11.9. The molecule has 0 amide bonds. The lowest BCUT2D eigenvalue weighted by atomic mass is 9.89. The van der Waals surface area contributed by atoms with Gasteiger partial charge < -0.3 is 0 Å². The molecular formula is C23H24OSi. The van der Waals surface area contributed by atoms with Gasteiger partial charge in [0.25, 0.3) is 0 Å². The van der Waals surface area contributed by atoms with E-state index in [1.807, 2.05) is 30.3 Å². The molecule has 0 spiro atoms. The lowest BCUT2D eigenvalue weighted by Crippen LogP contribution is -2.17. The average Bonchev–Trinajstić information content (AvgIpc) is 2.58.